The van der Waals surface area contributed by atoms with Gasteiger partial charge in [-0.05, 0) is 25.5 Å². The minimum atomic E-state index is -3.01. The van der Waals surface area contributed by atoms with Gasteiger partial charge in [0.25, 0.3) is 6.43 Å². The summed E-state index contributed by atoms with van der Waals surface area (Å²) in [6.07, 6.45) is -3.39. The maximum atomic E-state index is 13.3. The zero-order valence-corrected chi connectivity index (χ0v) is 9.47. The largest absolute Gasteiger partial charge is 0.466 e. The highest BCUT2D eigenvalue weighted by Crippen LogP contribution is 2.26. The summed E-state index contributed by atoms with van der Waals surface area (Å²) in [5, 5.41) is 0. The lowest BCUT2D eigenvalue weighted by atomic mass is 10.1. The van der Waals surface area contributed by atoms with E-state index in [0.29, 0.717) is 0 Å². The number of alkyl halides is 2. The minimum Gasteiger partial charge on any atom is -0.466 e. The molecule has 0 radical (unpaired) electrons. The van der Waals surface area contributed by atoms with Crippen LogP contribution in [-0.4, -0.2) is 17.6 Å². The second-order valence-electron chi connectivity index (χ2n) is 3.41. The number of ether oxygens (including phenoxy) is 1. The summed E-state index contributed by atoms with van der Waals surface area (Å²) in [5.74, 6) is -1.90. The van der Waals surface area contributed by atoms with Crippen LogP contribution in [0.3, 0.4) is 0 Å². The number of carbonyl (C=O) groups is 1. The third kappa shape index (κ3) is 3.44. The van der Waals surface area contributed by atoms with Crippen LogP contribution in [0.1, 0.15) is 30.2 Å². The quantitative estimate of drug-likeness (QED) is 0.606. The predicted octanol–water partition coefficient (Wildman–Crippen LogP) is 2.57. The molecule has 0 spiro atoms. The molecule has 0 amide bonds. The fourth-order valence-electron chi connectivity index (χ4n) is 1.45. The number of halogens is 3. The number of rotatable bonds is 4. The Balaban J connectivity index is 3.08. The first-order valence-electron chi connectivity index (χ1n) is 5.05. The average molecular weight is 247 g/mol. The van der Waals surface area contributed by atoms with Gasteiger partial charge in [-0.25, -0.2) is 13.8 Å². The summed E-state index contributed by atoms with van der Waals surface area (Å²) in [7, 11) is 0. The van der Waals surface area contributed by atoms with E-state index in [1.54, 1.807) is 6.92 Å². The number of nitrogens with zero attached hydrogens (tertiary/aromatic N) is 1. The molecule has 0 aliphatic carbocycles. The maximum absolute atomic E-state index is 13.3. The summed E-state index contributed by atoms with van der Waals surface area (Å²) < 4.78 is 43.1. The van der Waals surface area contributed by atoms with Crippen molar-refractivity contribution in [3.63, 3.8) is 0 Å². The van der Waals surface area contributed by atoms with E-state index in [4.69, 9.17) is 0 Å². The highest BCUT2D eigenvalue weighted by molar-refractivity contribution is 5.73. The van der Waals surface area contributed by atoms with Gasteiger partial charge in [-0.15, -0.1) is 0 Å². The maximum Gasteiger partial charge on any atom is 0.310 e. The molecule has 0 N–H and O–H groups in total. The molecule has 94 valence electrons. The molecular formula is C11H12F3NO2. The van der Waals surface area contributed by atoms with Gasteiger partial charge in [0, 0.05) is 5.69 Å². The lowest BCUT2D eigenvalue weighted by Gasteiger charge is -2.10. The molecule has 0 saturated heterocycles. The smallest absolute Gasteiger partial charge is 0.310 e. The van der Waals surface area contributed by atoms with E-state index in [-0.39, 0.29) is 24.3 Å². The Hall–Kier alpha value is -1.59. The summed E-state index contributed by atoms with van der Waals surface area (Å²) >= 11 is 0. The van der Waals surface area contributed by atoms with Crippen LogP contribution in [0.4, 0.5) is 13.2 Å². The first kappa shape index (κ1) is 13.5. The molecule has 0 saturated carbocycles. The topological polar surface area (TPSA) is 39.2 Å². The van der Waals surface area contributed by atoms with Crippen molar-refractivity contribution in [3.8, 4) is 0 Å². The van der Waals surface area contributed by atoms with Gasteiger partial charge in [0.05, 0.1) is 18.6 Å². The summed E-state index contributed by atoms with van der Waals surface area (Å²) in [4.78, 5) is 14.5. The van der Waals surface area contributed by atoms with E-state index >= 15 is 0 Å². The van der Waals surface area contributed by atoms with Crippen LogP contribution in [0.15, 0.2) is 6.07 Å². The minimum absolute atomic E-state index is 0.0801. The molecular weight excluding hydrogens is 235 g/mol. The molecule has 0 aromatic carbocycles. The summed E-state index contributed by atoms with van der Waals surface area (Å²) in [5.41, 5.74) is -0.668. The Kier molecular flexibility index (Phi) is 4.48. The second kappa shape index (κ2) is 5.65. The summed E-state index contributed by atoms with van der Waals surface area (Å²) in [6, 6.07) is 1.27. The zero-order chi connectivity index (χ0) is 13.0. The Bertz CT molecular complexity index is 421. The number of aromatic nitrogens is 1. The van der Waals surface area contributed by atoms with Crippen molar-refractivity contribution >= 4 is 5.97 Å². The van der Waals surface area contributed by atoms with Crippen LogP contribution in [0.25, 0.3) is 0 Å². The molecule has 0 unspecified atom stereocenters. The predicted molar refractivity (Wildman–Crippen MR) is 54.2 cm³/mol. The van der Waals surface area contributed by atoms with E-state index in [9.17, 15) is 18.0 Å². The molecule has 1 aromatic rings. The molecule has 0 aliphatic rings. The van der Waals surface area contributed by atoms with E-state index in [0.717, 1.165) is 0 Å². The van der Waals surface area contributed by atoms with Crippen LogP contribution < -0.4 is 0 Å². The van der Waals surface area contributed by atoms with Gasteiger partial charge in [0.15, 0.2) is 0 Å². The van der Waals surface area contributed by atoms with Crippen LogP contribution in [0, 0.1) is 12.9 Å². The molecule has 0 aliphatic heterocycles. The van der Waals surface area contributed by atoms with Crippen molar-refractivity contribution in [1.29, 1.82) is 0 Å². The van der Waals surface area contributed by atoms with Crippen molar-refractivity contribution in [2.75, 3.05) is 6.61 Å². The van der Waals surface area contributed by atoms with E-state index in [2.05, 4.69) is 9.72 Å². The van der Waals surface area contributed by atoms with Crippen LogP contribution in [0.2, 0.25) is 0 Å². The Labute approximate surface area is 96.6 Å². The molecule has 0 atom stereocenters. The second-order valence-corrected chi connectivity index (χ2v) is 3.41. The van der Waals surface area contributed by atoms with Crippen LogP contribution >= 0.6 is 0 Å². The molecule has 17 heavy (non-hydrogen) atoms. The van der Waals surface area contributed by atoms with Crippen molar-refractivity contribution in [2.45, 2.75) is 26.7 Å². The van der Waals surface area contributed by atoms with Crippen molar-refractivity contribution in [1.82, 2.24) is 4.98 Å². The highest BCUT2D eigenvalue weighted by Gasteiger charge is 2.22. The average Bonchev–Trinajstić information content (AvgIpc) is 2.15. The summed E-state index contributed by atoms with van der Waals surface area (Å²) in [6.45, 7) is 3.21. The zero-order valence-electron chi connectivity index (χ0n) is 9.47. The Morgan fingerprint density at radius 2 is 2.18 bits per heavy atom. The number of esters is 1. The SMILES string of the molecule is CCOC(=O)Cc1cc(C)nc(F)c1C(F)F. The number of hydrogen-bond acceptors (Lipinski definition) is 3. The molecule has 0 fully saturated rings. The van der Waals surface area contributed by atoms with E-state index in [1.165, 1.54) is 13.0 Å². The molecule has 1 aromatic heterocycles. The van der Waals surface area contributed by atoms with Gasteiger partial charge < -0.3 is 4.74 Å². The lowest BCUT2D eigenvalue weighted by molar-refractivity contribution is -0.142. The fourth-order valence-corrected chi connectivity index (χ4v) is 1.45. The van der Waals surface area contributed by atoms with Crippen LogP contribution in [-0.2, 0) is 16.0 Å². The molecule has 3 nitrogen and oxygen atoms in total. The highest BCUT2D eigenvalue weighted by atomic mass is 19.3. The molecule has 1 heterocycles. The molecule has 1 rings (SSSR count). The number of hydrogen-bond donors (Lipinski definition) is 0. The van der Waals surface area contributed by atoms with Gasteiger partial charge in [-0.3, -0.25) is 4.79 Å². The monoisotopic (exact) mass is 247 g/mol. The van der Waals surface area contributed by atoms with Gasteiger partial charge in [-0.2, -0.15) is 4.39 Å². The van der Waals surface area contributed by atoms with Gasteiger partial charge >= 0.3 is 5.97 Å². The number of pyridine rings is 1. The van der Waals surface area contributed by atoms with Gasteiger partial charge in [0.1, 0.15) is 0 Å². The Morgan fingerprint density at radius 3 is 2.71 bits per heavy atom. The normalized spacial score (nSPS) is 10.7. The Morgan fingerprint density at radius 1 is 1.53 bits per heavy atom. The van der Waals surface area contributed by atoms with Crippen molar-refractivity contribution in [3.05, 3.63) is 28.8 Å². The fraction of sp³-hybridized carbons (Fsp3) is 0.455. The van der Waals surface area contributed by atoms with Crippen molar-refractivity contribution in [2.24, 2.45) is 0 Å². The first-order chi connectivity index (χ1) is 7.95. The molecule has 6 heteroatoms. The third-order valence-electron chi connectivity index (χ3n) is 2.08. The van der Waals surface area contributed by atoms with Gasteiger partial charge in [0.2, 0.25) is 5.95 Å². The van der Waals surface area contributed by atoms with E-state index < -0.39 is 23.9 Å². The number of aryl methyl sites for hydroxylation is 1. The van der Waals surface area contributed by atoms with Crippen LogP contribution in [0.5, 0.6) is 0 Å². The first-order valence-corrected chi connectivity index (χ1v) is 5.05. The van der Waals surface area contributed by atoms with E-state index in [1.807, 2.05) is 0 Å². The standard InChI is InChI=1S/C11H12F3NO2/c1-3-17-8(16)5-7-4-6(2)15-11(14)9(7)10(12)13/h4,10H,3,5H2,1-2H3. The van der Waals surface area contributed by atoms with Crippen molar-refractivity contribution < 1.29 is 22.7 Å². The lowest BCUT2D eigenvalue weighted by Crippen LogP contribution is -2.12. The molecule has 0 bridgehead atoms. The van der Waals surface area contributed by atoms with Gasteiger partial charge in [-0.1, -0.05) is 0 Å². The number of carbonyl (C=O) groups excluding carboxylic acids is 1. The third-order valence-corrected chi connectivity index (χ3v) is 2.08.